The molecule has 1 aromatic carbocycles. The molecule has 1 N–H and O–H groups in total. The zero-order chi connectivity index (χ0) is 19.9. The lowest BCUT2D eigenvalue weighted by molar-refractivity contribution is 0.0547. The average molecular weight is 401 g/mol. The normalized spacial score (nSPS) is 15.3. The number of Topliss-reactive ketones (excluding diaryl/α,β-unsaturated/α-hetero) is 1. The van der Waals surface area contributed by atoms with Crippen molar-refractivity contribution in [2.45, 2.75) is 26.2 Å². The standard InChI is InChI=1S/C21H24N2O4S/c1-3-7-16(26-2)17-19(18(24)14-10-12-27-13-11-14)28-21(23-17)20(25)22-15-8-5-4-6-9-15/h4-9,14H,3,10-13H2,1-2H3,(H,22,25)/b16-7-. The summed E-state index contributed by atoms with van der Waals surface area (Å²) < 4.78 is 10.8. The summed E-state index contributed by atoms with van der Waals surface area (Å²) >= 11 is 1.12. The third kappa shape index (κ3) is 4.66. The highest BCUT2D eigenvalue weighted by Gasteiger charge is 2.30. The first kappa shape index (κ1) is 20.2. The number of hydrogen-bond acceptors (Lipinski definition) is 6. The van der Waals surface area contributed by atoms with Crippen LogP contribution >= 0.6 is 11.3 Å². The Kier molecular flexibility index (Phi) is 6.95. The molecule has 0 radical (unpaired) electrons. The van der Waals surface area contributed by atoms with Crippen LogP contribution < -0.4 is 5.32 Å². The van der Waals surface area contributed by atoms with Crippen molar-refractivity contribution in [1.29, 1.82) is 0 Å². The van der Waals surface area contributed by atoms with E-state index >= 15 is 0 Å². The highest BCUT2D eigenvalue weighted by molar-refractivity contribution is 7.16. The molecule has 1 amide bonds. The molecule has 1 fully saturated rings. The highest BCUT2D eigenvalue weighted by Crippen LogP contribution is 2.31. The number of nitrogens with one attached hydrogen (secondary N) is 1. The molecule has 0 atom stereocenters. The molecule has 28 heavy (non-hydrogen) atoms. The molecule has 0 aliphatic carbocycles. The molecule has 6 nitrogen and oxygen atoms in total. The predicted octanol–water partition coefficient (Wildman–Crippen LogP) is 4.40. The first-order valence-corrected chi connectivity index (χ1v) is 10.2. The Hall–Kier alpha value is -2.51. The lowest BCUT2D eigenvalue weighted by Crippen LogP contribution is -2.23. The van der Waals surface area contributed by atoms with E-state index in [4.69, 9.17) is 9.47 Å². The monoisotopic (exact) mass is 400 g/mol. The molecule has 1 aliphatic heterocycles. The number of hydrogen-bond donors (Lipinski definition) is 1. The number of benzene rings is 1. The number of carbonyl (C=O) groups excluding carboxylic acids is 2. The van der Waals surface area contributed by atoms with E-state index < -0.39 is 0 Å². The number of anilines is 1. The van der Waals surface area contributed by atoms with Gasteiger partial charge >= 0.3 is 0 Å². The Labute approximate surface area is 168 Å². The molecule has 7 heteroatoms. The Morgan fingerprint density at radius 3 is 2.64 bits per heavy atom. The minimum absolute atomic E-state index is 0.00798. The van der Waals surface area contributed by atoms with E-state index in [1.807, 2.05) is 31.2 Å². The topological polar surface area (TPSA) is 77.5 Å². The molecule has 0 unspecified atom stereocenters. The first-order valence-electron chi connectivity index (χ1n) is 9.37. The van der Waals surface area contributed by atoms with Gasteiger partial charge in [-0.25, -0.2) is 4.98 Å². The summed E-state index contributed by atoms with van der Waals surface area (Å²) in [5.74, 6) is 0.0784. The fraction of sp³-hybridized carbons (Fsp3) is 0.381. The molecule has 0 saturated carbocycles. The fourth-order valence-corrected chi connectivity index (χ4v) is 4.05. The molecular weight excluding hydrogens is 376 g/mol. The quantitative estimate of drug-likeness (QED) is 0.550. The summed E-state index contributed by atoms with van der Waals surface area (Å²) in [6.45, 7) is 3.13. The smallest absolute Gasteiger partial charge is 0.284 e. The van der Waals surface area contributed by atoms with Crippen LogP contribution in [0.3, 0.4) is 0 Å². The number of carbonyl (C=O) groups is 2. The van der Waals surface area contributed by atoms with Gasteiger partial charge in [0.05, 0.1) is 7.11 Å². The second kappa shape index (κ2) is 9.61. The van der Waals surface area contributed by atoms with Gasteiger partial charge in [0.25, 0.3) is 5.91 Å². The number of para-hydroxylation sites is 1. The third-order valence-corrected chi connectivity index (χ3v) is 5.58. The Morgan fingerprint density at radius 2 is 2.00 bits per heavy atom. The van der Waals surface area contributed by atoms with Crippen molar-refractivity contribution < 1.29 is 19.1 Å². The number of methoxy groups -OCH3 is 1. The predicted molar refractivity (Wildman–Crippen MR) is 110 cm³/mol. The average Bonchev–Trinajstić information content (AvgIpc) is 3.18. The summed E-state index contributed by atoms with van der Waals surface area (Å²) in [5, 5.41) is 3.07. The number of aromatic nitrogens is 1. The van der Waals surface area contributed by atoms with Crippen LogP contribution in [0.1, 0.15) is 51.4 Å². The minimum Gasteiger partial charge on any atom is -0.495 e. The molecule has 2 aromatic rings. The summed E-state index contributed by atoms with van der Waals surface area (Å²) in [6.07, 6.45) is 3.97. The Morgan fingerprint density at radius 1 is 1.29 bits per heavy atom. The summed E-state index contributed by atoms with van der Waals surface area (Å²) in [4.78, 5) is 30.8. The van der Waals surface area contributed by atoms with Gasteiger partial charge in [0.15, 0.2) is 10.8 Å². The SMILES string of the molecule is CC/C=C(\OC)c1nc(C(=O)Nc2ccccc2)sc1C(=O)C1CCOCC1. The second-order valence-corrected chi connectivity index (χ2v) is 7.45. The van der Waals surface area contributed by atoms with Gasteiger partial charge in [-0.2, -0.15) is 0 Å². The number of amides is 1. The molecule has 0 spiro atoms. The van der Waals surface area contributed by atoms with Crippen molar-refractivity contribution in [3.8, 4) is 0 Å². The van der Waals surface area contributed by atoms with Crippen LogP contribution in [-0.2, 0) is 9.47 Å². The molecule has 3 rings (SSSR count). The maximum absolute atomic E-state index is 13.1. The van der Waals surface area contributed by atoms with Crippen LogP contribution in [0, 0.1) is 5.92 Å². The van der Waals surface area contributed by atoms with Gasteiger partial charge in [0.2, 0.25) is 0 Å². The van der Waals surface area contributed by atoms with E-state index in [1.54, 1.807) is 19.2 Å². The van der Waals surface area contributed by atoms with Crippen molar-refractivity contribution >= 4 is 34.5 Å². The van der Waals surface area contributed by atoms with Crippen molar-refractivity contribution in [1.82, 2.24) is 4.98 Å². The molecule has 1 aromatic heterocycles. The minimum atomic E-state index is -0.338. The van der Waals surface area contributed by atoms with E-state index in [0.717, 1.165) is 17.8 Å². The van der Waals surface area contributed by atoms with Crippen LogP contribution in [0.25, 0.3) is 5.76 Å². The number of ketones is 1. The second-order valence-electron chi connectivity index (χ2n) is 6.45. The van der Waals surface area contributed by atoms with Gasteiger partial charge in [-0.1, -0.05) is 25.1 Å². The van der Waals surface area contributed by atoms with Crippen LogP contribution in [0.4, 0.5) is 5.69 Å². The molecule has 1 aliphatic rings. The van der Waals surface area contributed by atoms with Crippen molar-refractivity contribution in [2.24, 2.45) is 5.92 Å². The fourth-order valence-electron chi connectivity index (χ4n) is 3.06. The van der Waals surface area contributed by atoms with Gasteiger partial charge in [-0.15, -0.1) is 11.3 Å². The lowest BCUT2D eigenvalue weighted by atomic mass is 9.93. The largest absolute Gasteiger partial charge is 0.495 e. The van der Waals surface area contributed by atoms with E-state index in [1.165, 1.54) is 0 Å². The van der Waals surface area contributed by atoms with Gasteiger partial charge in [0.1, 0.15) is 16.3 Å². The lowest BCUT2D eigenvalue weighted by Gasteiger charge is -2.20. The van der Waals surface area contributed by atoms with Crippen molar-refractivity contribution in [2.75, 3.05) is 25.6 Å². The number of rotatable bonds is 7. The Bertz CT molecular complexity index is 855. The van der Waals surface area contributed by atoms with Crippen molar-refractivity contribution in [3.63, 3.8) is 0 Å². The summed E-state index contributed by atoms with van der Waals surface area (Å²) in [5.41, 5.74) is 1.13. The maximum Gasteiger partial charge on any atom is 0.284 e. The number of nitrogens with zero attached hydrogens (tertiary/aromatic N) is 1. The molecule has 0 bridgehead atoms. The third-order valence-electron chi connectivity index (χ3n) is 4.51. The van der Waals surface area contributed by atoms with Crippen LogP contribution in [0.5, 0.6) is 0 Å². The van der Waals surface area contributed by atoms with Gasteiger partial charge in [-0.3, -0.25) is 9.59 Å². The van der Waals surface area contributed by atoms with E-state index in [0.29, 0.717) is 48.1 Å². The van der Waals surface area contributed by atoms with Crippen LogP contribution in [0.15, 0.2) is 36.4 Å². The van der Waals surface area contributed by atoms with E-state index in [2.05, 4.69) is 10.3 Å². The van der Waals surface area contributed by atoms with Gasteiger partial charge < -0.3 is 14.8 Å². The Balaban J connectivity index is 1.93. The molecular formula is C21H24N2O4S. The maximum atomic E-state index is 13.1. The summed E-state index contributed by atoms with van der Waals surface area (Å²) in [7, 11) is 1.55. The number of ether oxygens (including phenoxy) is 2. The van der Waals surface area contributed by atoms with Crippen molar-refractivity contribution in [3.05, 3.63) is 52.0 Å². The van der Waals surface area contributed by atoms with Gasteiger partial charge in [0, 0.05) is 24.8 Å². The molecule has 2 heterocycles. The zero-order valence-electron chi connectivity index (χ0n) is 16.1. The van der Waals surface area contributed by atoms with Crippen LogP contribution in [-0.4, -0.2) is 37.0 Å². The van der Waals surface area contributed by atoms with E-state index in [9.17, 15) is 9.59 Å². The molecule has 148 valence electrons. The summed E-state index contributed by atoms with van der Waals surface area (Å²) in [6, 6.07) is 9.17. The zero-order valence-corrected chi connectivity index (χ0v) is 16.9. The molecule has 1 saturated heterocycles. The van der Waals surface area contributed by atoms with Gasteiger partial charge in [-0.05, 0) is 37.5 Å². The number of allylic oxidation sites excluding steroid dienone is 1. The number of thiazole rings is 1. The highest BCUT2D eigenvalue weighted by atomic mass is 32.1. The first-order chi connectivity index (χ1) is 13.6. The van der Waals surface area contributed by atoms with Crippen LogP contribution in [0.2, 0.25) is 0 Å². The van der Waals surface area contributed by atoms with E-state index in [-0.39, 0.29) is 22.6 Å².